The highest BCUT2D eigenvalue weighted by Crippen LogP contribution is 2.35. The number of nitrogens with zero attached hydrogens (tertiary/aromatic N) is 1. The van der Waals surface area contributed by atoms with E-state index in [-0.39, 0.29) is 6.61 Å². The molecular weight excluding hydrogens is 262 g/mol. The molecule has 19 heavy (non-hydrogen) atoms. The first-order chi connectivity index (χ1) is 9.28. The van der Waals surface area contributed by atoms with E-state index in [1.54, 1.807) is 6.26 Å². The van der Waals surface area contributed by atoms with Crippen molar-refractivity contribution in [3.05, 3.63) is 52.9 Å². The van der Waals surface area contributed by atoms with Gasteiger partial charge in [-0.2, -0.15) is 0 Å². The molecule has 0 radical (unpaired) electrons. The molecule has 1 N–H and O–H groups in total. The summed E-state index contributed by atoms with van der Waals surface area (Å²) in [5.74, 6) is 0.953. The standard InChI is InChI=1S/C15H16ClNO2/c16-15-8-13(4-3-11(15)10-18)17(12-5-6-12)9-14-2-1-7-19-14/h1-4,7-8,12,18H,5-6,9-10H2. The Kier molecular flexibility index (Phi) is 3.49. The third kappa shape index (κ3) is 2.77. The summed E-state index contributed by atoms with van der Waals surface area (Å²) in [5.41, 5.74) is 1.85. The molecule has 0 bridgehead atoms. The minimum Gasteiger partial charge on any atom is -0.467 e. The summed E-state index contributed by atoms with van der Waals surface area (Å²) >= 11 is 6.17. The maximum atomic E-state index is 9.16. The van der Waals surface area contributed by atoms with Crippen LogP contribution in [0.4, 0.5) is 5.69 Å². The van der Waals surface area contributed by atoms with Gasteiger partial charge >= 0.3 is 0 Å². The summed E-state index contributed by atoms with van der Waals surface area (Å²) in [7, 11) is 0. The fourth-order valence-electron chi connectivity index (χ4n) is 2.23. The molecule has 1 fully saturated rings. The summed E-state index contributed by atoms with van der Waals surface area (Å²) in [4.78, 5) is 2.31. The van der Waals surface area contributed by atoms with Gasteiger partial charge in [-0.3, -0.25) is 0 Å². The molecule has 2 aromatic rings. The molecule has 0 unspecified atom stereocenters. The van der Waals surface area contributed by atoms with Crippen LogP contribution in [0.2, 0.25) is 5.02 Å². The number of anilines is 1. The van der Waals surface area contributed by atoms with Crippen LogP contribution in [0.25, 0.3) is 0 Å². The van der Waals surface area contributed by atoms with Gasteiger partial charge in [-0.1, -0.05) is 17.7 Å². The van der Waals surface area contributed by atoms with E-state index in [2.05, 4.69) is 4.90 Å². The highest BCUT2D eigenvalue weighted by atomic mass is 35.5. The van der Waals surface area contributed by atoms with Gasteiger partial charge in [0, 0.05) is 16.8 Å². The number of aliphatic hydroxyl groups excluding tert-OH is 1. The smallest absolute Gasteiger partial charge is 0.123 e. The number of furan rings is 1. The van der Waals surface area contributed by atoms with Gasteiger partial charge in [-0.15, -0.1) is 0 Å². The van der Waals surface area contributed by atoms with Gasteiger partial charge < -0.3 is 14.4 Å². The molecule has 0 atom stereocenters. The first-order valence-corrected chi connectivity index (χ1v) is 6.84. The van der Waals surface area contributed by atoms with Crippen molar-refractivity contribution in [2.45, 2.75) is 32.0 Å². The maximum Gasteiger partial charge on any atom is 0.123 e. The van der Waals surface area contributed by atoms with Crippen LogP contribution >= 0.6 is 11.6 Å². The average molecular weight is 278 g/mol. The van der Waals surface area contributed by atoms with Gasteiger partial charge in [0.25, 0.3) is 0 Å². The van der Waals surface area contributed by atoms with E-state index in [1.807, 2.05) is 30.3 Å². The Bertz CT molecular complexity index is 549. The Labute approximate surface area is 117 Å². The van der Waals surface area contributed by atoms with Gasteiger partial charge in [0.05, 0.1) is 19.4 Å². The number of hydrogen-bond acceptors (Lipinski definition) is 3. The quantitative estimate of drug-likeness (QED) is 0.907. The van der Waals surface area contributed by atoms with Crippen LogP contribution in [-0.2, 0) is 13.2 Å². The Morgan fingerprint density at radius 1 is 1.32 bits per heavy atom. The molecule has 0 spiro atoms. The first-order valence-electron chi connectivity index (χ1n) is 6.46. The van der Waals surface area contributed by atoms with Gasteiger partial charge in [0.2, 0.25) is 0 Å². The van der Waals surface area contributed by atoms with Crippen molar-refractivity contribution in [2.24, 2.45) is 0 Å². The van der Waals surface area contributed by atoms with E-state index < -0.39 is 0 Å². The molecule has 1 aliphatic carbocycles. The summed E-state index contributed by atoms with van der Waals surface area (Å²) < 4.78 is 5.42. The molecule has 1 saturated carbocycles. The summed E-state index contributed by atoms with van der Waals surface area (Å²) in [6.45, 7) is 0.729. The van der Waals surface area contributed by atoms with E-state index in [9.17, 15) is 0 Å². The predicted molar refractivity (Wildman–Crippen MR) is 75.3 cm³/mol. The molecule has 0 amide bonds. The lowest BCUT2D eigenvalue weighted by Crippen LogP contribution is -2.24. The lowest BCUT2D eigenvalue weighted by atomic mass is 10.2. The van der Waals surface area contributed by atoms with E-state index in [0.717, 1.165) is 23.6 Å². The van der Waals surface area contributed by atoms with Crippen LogP contribution in [0.3, 0.4) is 0 Å². The second-order valence-electron chi connectivity index (χ2n) is 4.87. The summed E-state index contributed by atoms with van der Waals surface area (Å²) in [6, 6.07) is 10.3. The zero-order chi connectivity index (χ0) is 13.2. The Morgan fingerprint density at radius 3 is 2.74 bits per heavy atom. The van der Waals surface area contributed by atoms with Crippen molar-refractivity contribution in [3.63, 3.8) is 0 Å². The molecule has 4 heteroatoms. The van der Waals surface area contributed by atoms with Crippen LogP contribution < -0.4 is 4.90 Å². The van der Waals surface area contributed by atoms with Crippen molar-refractivity contribution < 1.29 is 9.52 Å². The zero-order valence-corrected chi connectivity index (χ0v) is 11.3. The summed E-state index contributed by atoms with van der Waals surface area (Å²) in [6.07, 6.45) is 4.11. The van der Waals surface area contributed by atoms with Crippen molar-refractivity contribution in [2.75, 3.05) is 4.90 Å². The molecule has 100 valence electrons. The number of benzene rings is 1. The maximum absolute atomic E-state index is 9.16. The van der Waals surface area contributed by atoms with Crippen molar-refractivity contribution in [1.29, 1.82) is 0 Å². The van der Waals surface area contributed by atoms with Crippen molar-refractivity contribution in [1.82, 2.24) is 0 Å². The van der Waals surface area contributed by atoms with Gasteiger partial charge in [-0.05, 0) is 42.7 Å². The van der Waals surface area contributed by atoms with E-state index in [0.29, 0.717) is 11.1 Å². The Hall–Kier alpha value is -1.45. The molecule has 0 aliphatic heterocycles. The van der Waals surface area contributed by atoms with E-state index in [4.69, 9.17) is 21.1 Å². The highest BCUT2D eigenvalue weighted by molar-refractivity contribution is 6.31. The van der Waals surface area contributed by atoms with Gasteiger partial charge in [0.1, 0.15) is 5.76 Å². The monoisotopic (exact) mass is 277 g/mol. The van der Waals surface area contributed by atoms with Gasteiger partial charge in [-0.25, -0.2) is 0 Å². The number of halogens is 1. The van der Waals surface area contributed by atoms with Gasteiger partial charge in [0.15, 0.2) is 0 Å². The minimum atomic E-state index is -0.0271. The number of rotatable bonds is 5. The normalized spacial score (nSPS) is 14.6. The Balaban J connectivity index is 1.85. The number of aliphatic hydroxyl groups is 1. The number of hydrogen-bond donors (Lipinski definition) is 1. The highest BCUT2D eigenvalue weighted by Gasteiger charge is 2.30. The molecule has 0 saturated heterocycles. The Morgan fingerprint density at radius 2 is 2.16 bits per heavy atom. The lowest BCUT2D eigenvalue weighted by Gasteiger charge is -2.24. The second-order valence-corrected chi connectivity index (χ2v) is 5.28. The SMILES string of the molecule is OCc1ccc(N(Cc2ccco2)C2CC2)cc1Cl. The third-order valence-electron chi connectivity index (χ3n) is 3.43. The molecule has 1 aromatic heterocycles. The third-order valence-corrected chi connectivity index (χ3v) is 3.78. The fraction of sp³-hybridized carbons (Fsp3) is 0.333. The zero-order valence-electron chi connectivity index (χ0n) is 10.6. The van der Waals surface area contributed by atoms with Crippen LogP contribution in [0, 0.1) is 0 Å². The van der Waals surface area contributed by atoms with Crippen LogP contribution in [-0.4, -0.2) is 11.1 Å². The molecule has 1 aromatic carbocycles. The average Bonchev–Trinajstić information content (AvgIpc) is 3.13. The lowest BCUT2D eigenvalue weighted by molar-refractivity contribution is 0.282. The first kappa shape index (κ1) is 12.6. The predicted octanol–water partition coefficient (Wildman–Crippen LogP) is 3.59. The minimum absolute atomic E-state index is 0.0271. The molecule has 1 aliphatic rings. The van der Waals surface area contributed by atoms with E-state index in [1.165, 1.54) is 12.8 Å². The summed E-state index contributed by atoms with van der Waals surface area (Å²) in [5, 5.41) is 9.78. The van der Waals surface area contributed by atoms with E-state index >= 15 is 0 Å². The van der Waals surface area contributed by atoms with Crippen molar-refractivity contribution in [3.8, 4) is 0 Å². The molecule has 1 heterocycles. The molecule has 3 rings (SSSR count). The topological polar surface area (TPSA) is 36.6 Å². The molecular formula is C15H16ClNO2. The largest absolute Gasteiger partial charge is 0.467 e. The molecule has 3 nitrogen and oxygen atoms in total. The van der Waals surface area contributed by atoms with Crippen molar-refractivity contribution >= 4 is 17.3 Å². The fourth-order valence-corrected chi connectivity index (χ4v) is 2.47. The van der Waals surface area contributed by atoms with Crippen LogP contribution in [0.15, 0.2) is 41.0 Å². The van der Waals surface area contributed by atoms with Crippen LogP contribution in [0.5, 0.6) is 0 Å². The second kappa shape index (κ2) is 5.27. The van der Waals surface area contributed by atoms with Crippen LogP contribution in [0.1, 0.15) is 24.2 Å².